The van der Waals surface area contributed by atoms with Crippen LogP contribution in [-0.4, -0.2) is 18.9 Å². The summed E-state index contributed by atoms with van der Waals surface area (Å²) in [6.07, 6.45) is 4.07. The maximum absolute atomic E-state index is 10.8. The fourth-order valence-electron chi connectivity index (χ4n) is 1.50. The molecule has 1 atom stereocenters. The van der Waals surface area contributed by atoms with Crippen molar-refractivity contribution in [1.82, 2.24) is 5.32 Å². The molecule has 1 aromatic carbocycles. The van der Waals surface area contributed by atoms with E-state index in [1.54, 1.807) is 0 Å². The van der Waals surface area contributed by atoms with Gasteiger partial charge in [0.1, 0.15) is 6.29 Å². The molecule has 0 radical (unpaired) electrons. The molecule has 1 N–H and O–H groups in total. The minimum Gasteiger partial charge on any atom is -0.307 e. The first-order valence-electron chi connectivity index (χ1n) is 5.59. The first-order valence-corrected chi connectivity index (χ1v) is 5.59. The van der Waals surface area contributed by atoms with E-state index in [-0.39, 0.29) is 6.04 Å². The van der Waals surface area contributed by atoms with Crippen molar-refractivity contribution in [2.24, 2.45) is 0 Å². The molecule has 0 amide bonds. The summed E-state index contributed by atoms with van der Waals surface area (Å²) in [5.74, 6) is 0. The first-order chi connectivity index (χ1) is 7.36. The van der Waals surface area contributed by atoms with Gasteiger partial charge in [0.25, 0.3) is 0 Å². The van der Waals surface area contributed by atoms with Crippen molar-refractivity contribution in [3.05, 3.63) is 35.9 Å². The van der Waals surface area contributed by atoms with E-state index in [1.807, 2.05) is 18.2 Å². The highest BCUT2D eigenvalue weighted by molar-refractivity contribution is 5.58. The monoisotopic (exact) mass is 205 g/mol. The predicted molar refractivity (Wildman–Crippen MR) is 62.9 cm³/mol. The highest BCUT2D eigenvalue weighted by atomic mass is 16.1. The maximum Gasteiger partial charge on any atom is 0.137 e. The Balaban J connectivity index is 2.37. The third-order valence-corrected chi connectivity index (χ3v) is 2.40. The van der Waals surface area contributed by atoms with Crippen molar-refractivity contribution in [2.45, 2.75) is 32.2 Å². The Kier molecular flexibility index (Phi) is 5.71. The van der Waals surface area contributed by atoms with Gasteiger partial charge in [0.2, 0.25) is 0 Å². The molecule has 1 aromatic rings. The summed E-state index contributed by atoms with van der Waals surface area (Å²) in [6.45, 7) is 3.07. The number of aldehydes is 1. The second kappa shape index (κ2) is 7.18. The Hall–Kier alpha value is -1.15. The zero-order valence-corrected chi connectivity index (χ0v) is 9.28. The third-order valence-electron chi connectivity index (χ3n) is 2.40. The molecule has 0 fully saturated rings. The quantitative estimate of drug-likeness (QED) is 0.546. The number of rotatable bonds is 7. The summed E-state index contributed by atoms with van der Waals surface area (Å²) in [7, 11) is 0. The number of carbonyl (C=O) groups is 1. The first kappa shape index (κ1) is 11.9. The van der Waals surface area contributed by atoms with Crippen LogP contribution in [0.3, 0.4) is 0 Å². The highest BCUT2D eigenvalue weighted by Gasteiger charge is 2.06. The van der Waals surface area contributed by atoms with E-state index >= 15 is 0 Å². The minimum absolute atomic E-state index is 0.0426. The number of hydrogen-bond acceptors (Lipinski definition) is 2. The van der Waals surface area contributed by atoms with Crippen molar-refractivity contribution in [3.8, 4) is 0 Å². The molecule has 2 nitrogen and oxygen atoms in total. The molecule has 0 aliphatic rings. The van der Waals surface area contributed by atoms with Gasteiger partial charge in [-0.05, 0) is 24.9 Å². The Morgan fingerprint density at radius 2 is 2.07 bits per heavy atom. The lowest BCUT2D eigenvalue weighted by Crippen LogP contribution is -2.33. The van der Waals surface area contributed by atoms with Gasteiger partial charge < -0.3 is 10.1 Å². The topological polar surface area (TPSA) is 29.1 Å². The van der Waals surface area contributed by atoms with Crippen LogP contribution in [0.25, 0.3) is 0 Å². The van der Waals surface area contributed by atoms with E-state index in [4.69, 9.17) is 0 Å². The molecule has 2 heteroatoms. The van der Waals surface area contributed by atoms with Crippen LogP contribution in [-0.2, 0) is 11.2 Å². The standard InChI is InChI=1S/C13H19NO/c1-2-3-9-14-13(11-15)10-12-7-5-4-6-8-12/h4-8,11,13-14H,2-3,9-10H2,1H3/t13-/m0/s1. The molecule has 82 valence electrons. The van der Waals surface area contributed by atoms with Crippen molar-refractivity contribution >= 4 is 6.29 Å². The summed E-state index contributed by atoms with van der Waals surface area (Å²) in [6, 6.07) is 10.1. The van der Waals surface area contributed by atoms with Crippen LogP contribution in [0.5, 0.6) is 0 Å². The van der Waals surface area contributed by atoms with Crippen LogP contribution < -0.4 is 5.32 Å². The Labute approximate surface area is 91.7 Å². The van der Waals surface area contributed by atoms with Gasteiger partial charge in [0.15, 0.2) is 0 Å². The third kappa shape index (κ3) is 4.75. The number of hydrogen-bond donors (Lipinski definition) is 1. The van der Waals surface area contributed by atoms with Gasteiger partial charge in [-0.25, -0.2) is 0 Å². The van der Waals surface area contributed by atoms with Crippen LogP contribution in [0.15, 0.2) is 30.3 Å². The van der Waals surface area contributed by atoms with E-state index in [9.17, 15) is 4.79 Å². The second-order valence-electron chi connectivity index (χ2n) is 3.74. The smallest absolute Gasteiger partial charge is 0.137 e. The average Bonchev–Trinajstić information content (AvgIpc) is 2.29. The molecule has 0 aromatic heterocycles. The van der Waals surface area contributed by atoms with Gasteiger partial charge >= 0.3 is 0 Å². The molecule has 0 spiro atoms. The molecule has 0 unspecified atom stereocenters. The molecular formula is C13H19NO. The lowest BCUT2D eigenvalue weighted by Gasteiger charge is -2.12. The van der Waals surface area contributed by atoms with Gasteiger partial charge in [-0.1, -0.05) is 43.7 Å². The van der Waals surface area contributed by atoms with Crippen molar-refractivity contribution in [1.29, 1.82) is 0 Å². The number of carbonyl (C=O) groups excluding carboxylic acids is 1. The SMILES string of the molecule is CCCCN[C@H](C=O)Cc1ccccc1. The minimum atomic E-state index is -0.0426. The summed E-state index contributed by atoms with van der Waals surface area (Å²) in [4.78, 5) is 10.8. The summed E-state index contributed by atoms with van der Waals surface area (Å²) in [5.41, 5.74) is 1.21. The van der Waals surface area contributed by atoms with Crippen molar-refractivity contribution in [3.63, 3.8) is 0 Å². The lowest BCUT2D eigenvalue weighted by molar-refractivity contribution is -0.109. The zero-order valence-electron chi connectivity index (χ0n) is 9.28. The highest BCUT2D eigenvalue weighted by Crippen LogP contribution is 2.02. The van der Waals surface area contributed by atoms with Crippen LogP contribution in [0.2, 0.25) is 0 Å². The molecule has 0 saturated carbocycles. The molecule has 0 heterocycles. The van der Waals surface area contributed by atoms with Gasteiger partial charge in [0.05, 0.1) is 6.04 Å². The average molecular weight is 205 g/mol. The zero-order chi connectivity index (χ0) is 10.9. The summed E-state index contributed by atoms with van der Waals surface area (Å²) >= 11 is 0. The summed E-state index contributed by atoms with van der Waals surface area (Å²) < 4.78 is 0. The van der Waals surface area contributed by atoms with Gasteiger partial charge in [-0.2, -0.15) is 0 Å². The van der Waals surface area contributed by atoms with E-state index in [0.717, 1.165) is 32.1 Å². The maximum atomic E-state index is 10.8. The Morgan fingerprint density at radius 1 is 1.33 bits per heavy atom. The van der Waals surface area contributed by atoms with E-state index < -0.39 is 0 Å². The molecule has 0 aliphatic heterocycles. The van der Waals surface area contributed by atoms with Crippen molar-refractivity contribution < 1.29 is 4.79 Å². The second-order valence-corrected chi connectivity index (χ2v) is 3.74. The molecule has 0 saturated heterocycles. The van der Waals surface area contributed by atoms with Gasteiger partial charge in [-0.3, -0.25) is 0 Å². The number of nitrogens with one attached hydrogen (secondary N) is 1. The molecule has 15 heavy (non-hydrogen) atoms. The predicted octanol–water partition coefficient (Wildman–Crippen LogP) is 2.19. The van der Waals surface area contributed by atoms with Crippen LogP contribution in [0.1, 0.15) is 25.3 Å². The fourth-order valence-corrected chi connectivity index (χ4v) is 1.50. The van der Waals surface area contributed by atoms with Crippen molar-refractivity contribution in [2.75, 3.05) is 6.54 Å². The number of benzene rings is 1. The normalized spacial score (nSPS) is 12.3. The number of unbranched alkanes of at least 4 members (excludes halogenated alkanes) is 1. The van der Waals surface area contributed by atoms with E-state index in [2.05, 4.69) is 24.4 Å². The van der Waals surface area contributed by atoms with Crippen LogP contribution in [0.4, 0.5) is 0 Å². The largest absolute Gasteiger partial charge is 0.307 e. The Bertz CT molecular complexity index is 271. The molecule has 0 aliphatic carbocycles. The Morgan fingerprint density at radius 3 is 2.67 bits per heavy atom. The molecular weight excluding hydrogens is 186 g/mol. The van der Waals surface area contributed by atoms with E-state index in [1.165, 1.54) is 5.56 Å². The summed E-state index contributed by atoms with van der Waals surface area (Å²) in [5, 5.41) is 3.25. The fraction of sp³-hybridized carbons (Fsp3) is 0.462. The van der Waals surface area contributed by atoms with Crippen LogP contribution >= 0.6 is 0 Å². The van der Waals surface area contributed by atoms with Gasteiger partial charge in [-0.15, -0.1) is 0 Å². The van der Waals surface area contributed by atoms with Gasteiger partial charge in [0, 0.05) is 0 Å². The lowest BCUT2D eigenvalue weighted by atomic mass is 10.1. The molecule has 1 rings (SSSR count). The van der Waals surface area contributed by atoms with E-state index in [0.29, 0.717) is 0 Å². The van der Waals surface area contributed by atoms with Crippen LogP contribution in [0, 0.1) is 0 Å². The molecule has 0 bridgehead atoms.